The van der Waals surface area contributed by atoms with Gasteiger partial charge in [-0.3, -0.25) is 4.79 Å². The number of rotatable bonds is 6. The van der Waals surface area contributed by atoms with Gasteiger partial charge in [-0.1, -0.05) is 68.4 Å². The van der Waals surface area contributed by atoms with Gasteiger partial charge in [-0.05, 0) is 24.0 Å². The molecule has 0 aromatic heterocycles. The summed E-state index contributed by atoms with van der Waals surface area (Å²) in [6.07, 6.45) is -0.531. The van der Waals surface area contributed by atoms with Crippen LogP contribution in [-0.4, -0.2) is 12.4 Å². The molecule has 0 fully saturated rings. The minimum atomic E-state index is -0.531. The van der Waals surface area contributed by atoms with Crippen molar-refractivity contribution in [1.82, 2.24) is 0 Å². The van der Waals surface area contributed by atoms with Crippen LogP contribution >= 0.6 is 0 Å². The summed E-state index contributed by atoms with van der Waals surface area (Å²) in [5, 5.41) is 0. The highest BCUT2D eigenvalue weighted by Gasteiger charge is 2.24. The Hall–Kier alpha value is -1.93. The second-order valence-corrected chi connectivity index (χ2v) is 5.35. The van der Waals surface area contributed by atoms with Gasteiger partial charge in [-0.15, -0.1) is 0 Å². The number of ketones is 1. The lowest BCUT2D eigenvalue weighted by Gasteiger charge is -2.19. The van der Waals surface area contributed by atoms with E-state index >= 15 is 0 Å². The number of Topliss-reactive ketones (excluding diaryl/α,β-unsaturated/α-hetero) is 1. The molecule has 0 radical (unpaired) electrons. The Morgan fingerprint density at radius 2 is 1.62 bits per heavy atom. The first-order chi connectivity index (χ1) is 10.1. The zero-order chi connectivity index (χ0) is 15.2. The molecule has 0 aliphatic heterocycles. The molecule has 2 aromatic rings. The number of ether oxygens (including phenoxy) is 1. The van der Waals surface area contributed by atoms with Crippen molar-refractivity contribution < 1.29 is 9.53 Å². The van der Waals surface area contributed by atoms with Gasteiger partial charge in [-0.25, -0.2) is 0 Å². The molecular formula is C19H22O2. The number of benzene rings is 2. The zero-order valence-corrected chi connectivity index (χ0v) is 12.9. The van der Waals surface area contributed by atoms with Crippen LogP contribution in [0.25, 0.3) is 0 Å². The molecule has 0 spiro atoms. The Morgan fingerprint density at radius 3 is 2.24 bits per heavy atom. The van der Waals surface area contributed by atoms with Crippen LogP contribution < -0.4 is 0 Å². The lowest BCUT2D eigenvalue weighted by Crippen LogP contribution is -2.18. The molecule has 0 amide bonds. The van der Waals surface area contributed by atoms with Gasteiger partial charge in [0.25, 0.3) is 0 Å². The first-order valence-corrected chi connectivity index (χ1v) is 7.44. The average molecular weight is 282 g/mol. The van der Waals surface area contributed by atoms with Gasteiger partial charge in [0, 0.05) is 12.2 Å². The summed E-state index contributed by atoms with van der Waals surface area (Å²) < 4.78 is 5.73. The molecule has 0 aliphatic carbocycles. The number of hydrogen-bond acceptors (Lipinski definition) is 2. The summed E-state index contributed by atoms with van der Waals surface area (Å²) in [5.74, 6) is 0.343. The summed E-state index contributed by atoms with van der Waals surface area (Å²) in [7, 11) is 0. The molecule has 2 nitrogen and oxygen atoms in total. The highest BCUT2D eigenvalue weighted by molar-refractivity contribution is 6.01. The van der Waals surface area contributed by atoms with E-state index in [4.69, 9.17) is 4.74 Å². The lowest BCUT2D eigenvalue weighted by molar-refractivity contribution is 0.0451. The predicted octanol–water partition coefficient (Wildman–Crippen LogP) is 4.77. The Kier molecular flexibility index (Phi) is 5.29. The van der Waals surface area contributed by atoms with Crippen LogP contribution in [-0.2, 0) is 4.74 Å². The third kappa shape index (κ3) is 3.59. The summed E-state index contributed by atoms with van der Waals surface area (Å²) in [6.45, 7) is 6.63. The molecule has 110 valence electrons. The summed E-state index contributed by atoms with van der Waals surface area (Å²) in [6, 6.07) is 17.5. The van der Waals surface area contributed by atoms with E-state index < -0.39 is 6.10 Å². The van der Waals surface area contributed by atoms with Crippen molar-refractivity contribution in [3.05, 3.63) is 71.3 Å². The van der Waals surface area contributed by atoms with Gasteiger partial charge in [0.05, 0.1) is 0 Å². The quantitative estimate of drug-likeness (QED) is 0.713. The van der Waals surface area contributed by atoms with Gasteiger partial charge >= 0.3 is 0 Å². The van der Waals surface area contributed by atoms with Crippen molar-refractivity contribution in [3.8, 4) is 0 Å². The normalized spacial score (nSPS) is 12.4. The zero-order valence-electron chi connectivity index (χ0n) is 12.9. The third-order valence-corrected chi connectivity index (χ3v) is 3.52. The van der Waals surface area contributed by atoms with E-state index in [1.54, 1.807) is 0 Å². The minimum absolute atomic E-state index is 0.0346. The van der Waals surface area contributed by atoms with Crippen LogP contribution in [0.5, 0.6) is 0 Å². The van der Waals surface area contributed by atoms with Crippen LogP contribution in [0, 0.1) is 0 Å². The first-order valence-electron chi connectivity index (χ1n) is 7.44. The SMILES string of the molecule is CCOC(C(=O)c1ccccc1C(C)C)c1ccccc1. The predicted molar refractivity (Wildman–Crippen MR) is 85.7 cm³/mol. The molecule has 0 N–H and O–H groups in total. The van der Waals surface area contributed by atoms with Crippen LogP contribution in [0.1, 0.15) is 54.3 Å². The fourth-order valence-corrected chi connectivity index (χ4v) is 2.48. The molecule has 2 rings (SSSR count). The molecule has 1 atom stereocenters. The molecule has 0 saturated carbocycles. The van der Waals surface area contributed by atoms with Crippen molar-refractivity contribution in [3.63, 3.8) is 0 Å². The monoisotopic (exact) mass is 282 g/mol. The van der Waals surface area contributed by atoms with E-state index in [0.29, 0.717) is 12.5 Å². The minimum Gasteiger partial charge on any atom is -0.366 e. The Morgan fingerprint density at radius 1 is 1.00 bits per heavy atom. The van der Waals surface area contributed by atoms with E-state index in [1.165, 1.54) is 0 Å². The molecule has 2 heteroatoms. The fourth-order valence-electron chi connectivity index (χ4n) is 2.48. The van der Waals surface area contributed by atoms with Gasteiger partial charge in [0.2, 0.25) is 0 Å². The maximum atomic E-state index is 12.9. The smallest absolute Gasteiger partial charge is 0.196 e. The molecule has 0 saturated heterocycles. The van der Waals surface area contributed by atoms with E-state index in [9.17, 15) is 4.79 Å². The van der Waals surface area contributed by atoms with Crippen molar-refractivity contribution >= 4 is 5.78 Å². The molecule has 0 heterocycles. The van der Waals surface area contributed by atoms with E-state index in [-0.39, 0.29) is 5.78 Å². The molecule has 0 bridgehead atoms. The van der Waals surface area contributed by atoms with E-state index in [1.807, 2.05) is 61.5 Å². The Labute approximate surface area is 126 Å². The molecule has 2 aromatic carbocycles. The van der Waals surface area contributed by atoms with Crippen LogP contribution in [0.3, 0.4) is 0 Å². The average Bonchev–Trinajstić information content (AvgIpc) is 2.52. The highest BCUT2D eigenvalue weighted by atomic mass is 16.5. The maximum Gasteiger partial charge on any atom is 0.196 e. The second kappa shape index (κ2) is 7.19. The summed E-state index contributed by atoms with van der Waals surface area (Å²) >= 11 is 0. The first kappa shape index (κ1) is 15.5. The largest absolute Gasteiger partial charge is 0.366 e. The van der Waals surface area contributed by atoms with Crippen LogP contribution in [0.2, 0.25) is 0 Å². The lowest BCUT2D eigenvalue weighted by atomic mass is 9.91. The Balaban J connectivity index is 2.40. The summed E-state index contributed by atoms with van der Waals surface area (Å²) in [4.78, 5) is 12.9. The molecule has 0 aliphatic rings. The fraction of sp³-hybridized carbons (Fsp3) is 0.316. The van der Waals surface area contributed by atoms with Crippen molar-refractivity contribution in [2.24, 2.45) is 0 Å². The van der Waals surface area contributed by atoms with E-state index in [2.05, 4.69) is 13.8 Å². The molecule has 1 unspecified atom stereocenters. The second-order valence-electron chi connectivity index (χ2n) is 5.35. The van der Waals surface area contributed by atoms with Gasteiger partial charge in [0.15, 0.2) is 5.78 Å². The third-order valence-electron chi connectivity index (χ3n) is 3.52. The van der Waals surface area contributed by atoms with E-state index in [0.717, 1.165) is 16.7 Å². The van der Waals surface area contributed by atoms with Gasteiger partial charge in [-0.2, -0.15) is 0 Å². The van der Waals surface area contributed by atoms with Crippen LogP contribution in [0.15, 0.2) is 54.6 Å². The number of hydrogen-bond donors (Lipinski definition) is 0. The molecule has 21 heavy (non-hydrogen) atoms. The standard InChI is InChI=1S/C19H22O2/c1-4-21-19(15-10-6-5-7-11-15)18(20)17-13-9-8-12-16(17)14(2)3/h5-14,19H,4H2,1-3H3. The van der Waals surface area contributed by atoms with Crippen molar-refractivity contribution in [2.45, 2.75) is 32.8 Å². The maximum absolute atomic E-state index is 12.9. The molecular weight excluding hydrogens is 260 g/mol. The van der Waals surface area contributed by atoms with Gasteiger partial charge < -0.3 is 4.74 Å². The Bertz CT molecular complexity index is 588. The van der Waals surface area contributed by atoms with Crippen LogP contribution in [0.4, 0.5) is 0 Å². The summed E-state index contributed by atoms with van der Waals surface area (Å²) in [5.41, 5.74) is 2.74. The van der Waals surface area contributed by atoms with Gasteiger partial charge in [0.1, 0.15) is 6.10 Å². The number of carbonyl (C=O) groups excluding carboxylic acids is 1. The highest BCUT2D eigenvalue weighted by Crippen LogP contribution is 2.27. The van der Waals surface area contributed by atoms with Crippen molar-refractivity contribution in [2.75, 3.05) is 6.61 Å². The topological polar surface area (TPSA) is 26.3 Å². The number of carbonyl (C=O) groups is 1. The van der Waals surface area contributed by atoms with Crippen molar-refractivity contribution in [1.29, 1.82) is 0 Å².